The van der Waals surface area contributed by atoms with Crippen molar-refractivity contribution < 1.29 is 24.4 Å². The van der Waals surface area contributed by atoms with Gasteiger partial charge in [-0.3, -0.25) is 0 Å². The van der Waals surface area contributed by atoms with E-state index in [-0.39, 0.29) is 6.61 Å². The van der Waals surface area contributed by atoms with E-state index in [1.807, 2.05) is 66.7 Å². The van der Waals surface area contributed by atoms with E-state index >= 15 is 0 Å². The van der Waals surface area contributed by atoms with Gasteiger partial charge < -0.3 is 24.4 Å². The fourth-order valence-electron chi connectivity index (χ4n) is 7.13. The number of methoxy groups -OCH3 is 2. The van der Waals surface area contributed by atoms with Gasteiger partial charge in [0.1, 0.15) is 22.8 Å². The van der Waals surface area contributed by atoms with E-state index in [1.54, 1.807) is 14.2 Å². The smallest absolute Gasteiger partial charge is 0.178 e. The Labute approximate surface area is 258 Å². The maximum Gasteiger partial charge on any atom is 0.178 e. The summed E-state index contributed by atoms with van der Waals surface area (Å²) in [5.41, 5.74) is 6.24. The van der Waals surface area contributed by atoms with Crippen LogP contribution in [0, 0.1) is 6.92 Å². The van der Waals surface area contributed by atoms with Gasteiger partial charge in [-0.2, -0.15) is 0 Å². The van der Waals surface area contributed by atoms with Crippen LogP contribution >= 0.6 is 0 Å². The molecule has 1 atom stereocenters. The van der Waals surface area contributed by atoms with Crippen LogP contribution in [0.5, 0.6) is 17.2 Å². The molecule has 0 amide bonds. The van der Waals surface area contributed by atoms with Crippen molar-refractivity contribution in [2.75, 3.05) is 14.2 Å². The molecule has 2 aliphatic rings. The van der Waals surface area contributed by atoms with Gasteiger partial charge in [0.25, 0.3) is 0 Å². The zero-order valence-corrected chi connectivity index (χ0v) is 25.5. The van der Waals surface area contributed by atoms with Gasteiger partial charge in [-0.1, -0.05) is 73.5 Å². The summed E-state index contributed by atoms with van der Waals surface area (Å²) < 4.78 is 18.3. The van der Waals surface area contributed by atoms with Crippen molar-refractivity contribution in [2.45, 2.75) is 44.5 Å². The van der Waals surface area contributed by atoms with E-state index in [2.05, 4.69) is 44.2 Å². The SMILES string of the molecule is CCCC1(O)c2cc(CO)ccc2-c2c1c1c(c3cc(C)ccc23)OC(c2ccc(OC)cc2)(c2ccc(OC)cc2)C=C1. The second-order valence-electron chi connectivity index (χ2n) is 11.8. The van der Waals surface area contributed by atoms with Crippen molar-refractivity contribution in [2.24, 2.45) is 0 Å². The minimum absolute atomic E-state index is 0.0842. The molecule has 5 aromatic carbocycles. The normalized spacial score (nSPS) is 17.5. The van der Waals surface area contributed by atoms with Crippen LogP contribution in [0.15, 0.2) is 91.0 Å². The van der Waals surface area contributed by atoms with E-state index in [0.717, 1.165) is 84.5 Å². The third-order valence-electron chi connectivity index (χ3n) is 9.25. The molecule has 2 N–H and O–H groups in total. The average molecular weight is 585 g/mol. The Bertz CT molecular complexity index is 1870. The van der Waals surface area contributed by atoms with Crippen LogP contribution in [0.25, 0.3) is 28.0 Å². The molecule has 1 heterocycles. The van der Waals surface area contributed by atoms with Crippen molar-refractivity contribution in [3.63, 3.8) is 0 Å². The Morgan fingerprint density at radius 1 is 0.795 bits per heavy atom. The van der Waals surface area contributed by atoms with Crippen LogP contribution in [0.4, 0.5) is 0 Å². The lowest BCUT2D eigenvalue weighted by molar-refractivity contribution is 0.0736. The summed E-state index contributed by atoms with van der Waals surface area (Å²) in [6.45, 7) is 4.10. The number of hydrogen-bond acceptors (Lipinski definition) is 5. The van der Waals surface area contributed by atoms with Gasteiger partial charge in [-0.05, 0) is 83.5 Å². The molecule has 0 spiro atoms. The lowest BCUT2D eigenvalue weighted by atomic mass is 9.79. The molecule has 1 aliphatic carbocycles. The predicted molar refractivity (Wildman–Crippen MR) is 174 cm³/mol. The monoisotopic (exact) mass is 584 g/mol. The first-order valence-corrected chi connectivity index (χ1v) is 15.1. The quantitative estimate of drug-likeness (QED) is 0.203. The zero-order chi connectivity index (χ0) is 30.6. The van der Waals surface area contributed by atoms with Gasteiger partial charge in [0.05, 0.1) is 20.8 Å². The highest BCUT2D eigenvalue weighted by Gasteiger charge is 2.47. The van der Waals surface area contributed by atoms with Crippen molar-refractivity contribution in [1.82, 2.24) is 0 Å². The molecule has 222 valence electrons. The third-order valence-corrected chi connectivity index (χ3v) is 9.25. The second kappa shape index (κ2) is 10.5. The molecular formula is C39H36O5. The molecule has 0 saturated carbocycles. The number of fused-ring (bicyclic) bond motifs is 8. The number of benzene rings is 5. The Kier molecular flexibility index (Phi) is 6.76. The topological polar surface area (TPSA) is 68.2 Å². The van der Waals surface area contributed by atoms with Crippen LogP contribution in [-0.4, -0.2) is 24.4 Å². The van der Waals surface area contributed by atoms with Gasteiger partial charge in [0.2, 0.25) is 0 Å². The van der Waals surface area contributed by atoms with Crippen LogP contribution in [0.3, 0.4) is 0 Å². The molecule has 5 nitrogen and oxygen atoms in total. The first-order chi connectivity index (χ1) is 21.4. The fourth-order valence-corrected chi connectivity index (χ4v) is 7.13. The minimum atomic E-state index is -1.23. The van der Waals surface area contributed by atoms with Crippen molar-refractivity contribution in [3.8, 4) is 28.4 Å². The molecule has 0 aromatic heterocycles. The molecule has 7 rings (SSSR count). The molecule has 5 heteroatoms. The maximum absolute atomic E-state index is 12.7. The van der Waals surface area contributed by atoms with E-state index in [9.17, 15) is 10.2 Å². The second-order valence-corrected chi connectivity index (χ2v) is 11.8. The zero-order valence-electron chi connectivity index (χ0n) is 25.5. The summed E-state index contributed by atoms with van der Waals surface area (Å²) in [5, 5.41) is 24.7. The Balaban J connectivity index is 1.55. The summed E-state index contributed by atoms with van der Waals surface area (Å²) in [6, 6.07) is 28.4. The lowest BCUT2D eigenvalue weighted by Crippen LogP contribution is -2.35. The summed E-state index contributed by atoms with van der Waals surface area (Å²) in [6.07, 6.45) is 5.57. The number of rotatable bonds is 7. The minimum Gasteiger partial charge on any atom is -0.497 e. The standard InChI is InChI=1S/C39H36O5/c1-5-19-38(41)34-22-25(23-40)7-17-31(34)35-30-16-6-24(2)21-33(30)37-32(36(35)38)18-20-39(44-37,26-8-12-28(42-3)13-9-26)27-10-14-29(43-4)15-11-27/h6-18,20-22,40-41H,5,19,23H2,1-4H3. The lowest BCUT2D eigenvalue weighted by Gasteiger charge is -2.38. The highest BCUT2D eigenvalue weighted by atomic mass is 16.5. The molecular weight excluding hydrogens is 548 g/mol. The van der Waals surface area contributed by atoms with Crippen molar-refractivity contribution in [3.05, 3.63) is 130 Å². The molecule has 0 saturated heterocycles. The summed E-state index contributed by atoms with van der Waals surface area (Å²) in [7, 11) is 3.32. The van der Waals surface area contributed by atoms with Gasteiger partial charge in [0.15, 0.2) is 5.60 Å². The van der Waals surface area contributed by atoms with E-state index < -0.39 is 11.2 Å². The number of aliphatic hydroxyl groups is 2. The van der Waals surface area contributed by atoms with Gasteiger partial charge in [0, 0.05) is 27.6 Å². The molecule has 5 aromatic rings. The molecule has 0 fully saturated rings. The Morgan fingerprint density at radius 2 is 1.45 bits per heavy atom. The number of hydrogen-bond donors (Lipinski definition) is 2. The highest BCUT2D eigenvalue weighted by Crippen LogP contribution is 2.59. The van der Waals surface area contributed by atoms with Gasteiger partial charge in [-0.25, -0.2) is 0 Å². The van der Waals surface area contributed by atoms with Crippen molar-refractivity contribution in [1.29, 1.82) is 0 Å². The highest BCUT2D eigenvalue weighted by molar-refractivity contribution is 6.08. The van der Waals surface area contributed by atoms with Crippen molar-refractivity contribution >= 4 is 16.8 Å². The Morgan fingerprint density at radius 3 is 2.05 bits per heavy atom. The number of aryl methyl sites for hydroxylation is 1. The molecule has 0 radical (unpaired) electrons. The third kappa shape index (κ3) is 4.07. The van der Waals surface area contributed by atoms with E-state index in [1.165, 1.54) is 0 Å². The average Bonchev–Trinajstić information content (AvgIpc) is 3.32. The van der Waals surface area contributed by atoms with Crippen LogP contribution in [0.2, 0.25) is 0 Å². The first-order valence-electron chi connectivity index (χ1n) is 15.1. The van der Waals surface area contributed by atoms with Crippen LogP contribution < -0.4 is 14.2 Å². The van der Waals surface area contributed by atoms with Gasteiger partial charge >= 0.3 is 0 Å². The molecule has 1 unspecified atom stereocenters. The van der Waals surface area contributed by atoms with Crippen LogP contribution in [-0.2, 0) is 17.8 Å². The molecule has 0 bridgehead atoms. The summed E-state index contributed by atoms with van der Waals surface area (Å²) >= 11 is 0. The Hall–Kier alpha value is -4.58. The van der Waals surface area contributed by atoms with Crippen LogP contribution in [0.1, 0.15) is 58.7 Å². The summed E-state index contributed by atoms with van der Waals surface area (Å²) in [5.74, 6) is 2.27. The largest absolute Gasteiger partial charge is 0.497 e. The first kappa shape index (κ1) is 28.2. The van der Waals surface area contributed by atoms with E-state index in [4.69, 9.17) is 14.2 Å². The number of aliphatic hydroxyl groups excluding tert-OH is 1. The van der Waals surface area contributed by atoms with E-state index in [0.29, 0.717) is 6.42 Å². The van der Waals surface area contributed by atoms with Gasteiger partial charge in [-0.15, -0.1) is 0 Å². The molecule has 1 aliphatic heterocycles. The predicted octanol–water partition coefficient (Wildman–Crippen LogP) is 8.02. The summed E-state index contributed by atoms with van der Waals surface area (Å²) in [4.78, 5) is 0. The number of ether oxygens (including phenoxy) is 3. The maximum atomic E-state index is 12.7. The molecule has 44 heavy (non-hydrogen) atoms. The fraction of sp³-hybridized carbons (Fsp3) is 0.231.